The molecule has 0 saturated heterocycles. The van der Waals surface area contributed by atoms with Crippen LogP contribution >= 0.6 is 11.8 Å². The number of rotatable bonds is 12. The Morgan fingerprint density at radius 2 is 1.37 bits per heavy atom. The van der Waals surface area contributed by atoms with Gasteiger partial charge in [-0.05, 0) is 34.9 Å². The zero-order valence-corrected chi connectivity index (χ0v) is 23.8. The first kappa shape index (κ1) is 27.9. The lowest BCUT2D eigenvalue weighted by Gasteiger charge is -2.22. The van der Waals surface area contributed by atoms with Crippen LogP contribution in [0.25, 0.3) is 23.1 Å². The topological polar surface area (TPSA) is 38.1 Å². The molecule has 0 spiro atoms. The molecule has 0 aliphatic heterocycles. The van der Waals surface area contributed by atoms with Gasteiger partial charge in [-0.15, -0.1) is 6.58 Å². The molecule has 0 bridgehead atoms. The number of hydrogen-bond donors (Lipinski definition) is 0. The molecule has 41 heavy (non-hydrogen) atoms. The second-order valence-corrected chi connectivity index (χ2v) is 10.6. The van der Waals surface area contributed by atoms with Crippen molar-refractivity contribution in [1.29, 1.82) is 0 Å². The van der Waals surface area contributed by atoms with Crippen molar-refractivity contribution in [2.75, 3.05) is 23.7 Å². The minimum Gasteiger partial charge on any atom is -0.364 e. The van der Waals surface area contributed by atoms with Gasteiger partial charge in [-0.3, -0.25) is 9.36 Å². The van der Waals surface area contributed by atoms with Crippen molar-refractivity contribution in [3.05, 3.63) is 161 Å². The molecule has 204 valence electrons. The van der Waals surface area contributed by atoms with Crippen LogP contribution in [0, 0.1) is 0 Å². The SMILES string of the molecule is C=CCSc1nc2ccc(N(C/C=C/c3ccccc3)C/C=C/c3ccccc3)cc2c(=O)n1Cc1ccccc1. The fraction of sp³-hybridized carbons (Fsp3) is 0.111. The van der Waals surface area contributed by atoms with Crippen LogP contribution in [-0.2, 0) is 6.54 Å². The van der Waals surface area contributed by atoms with Gasteiger partial charge in [0.1, 0.15) is 0 Å². The Balaban J connectivity index is 1.50. The number of fused-ring (bicyclic) bond motifs is 1. The number of benzene rings is 4. The van der Waals surface area contributed by atoms with E-state index < -0.39 is 0 Å². The standard InChI is InChI=1S/C36H33N3OS/c1-2-26-41-36-37-34-23-22-32(27-33(34)35(40)39(36)28-31-18-10-5-11-19-31)38(24-12-20-29-14-6-3-7-15-29)25-13-21-30-16-8-4-9-17-30/h2-23,27H,1,24-26,28H2/b20-12+,21-13+. The number of nitrogens with zero attached hydrogens (tertiary/aromatic N) is 3. The number of hydrogen-bond acceptors (Lipinski definition) is 4. The molecule has 0 saturated carbocycles. The lowest BCUT2D eigenvalue weighted by atomic mass is 10.1. The fourth-order valence-corrected chi connectivity index (χ4v) is 5.31. The molecule has 0 unspecified atom stereocenters. The van der Waals surface area contributed by atoms with Crippen molar-refractivity contribution >= 4 is 40.5 Å². The van der Waals surface area contributed by atoms with E-state index >= 15 is 0 Å². The van der Waals surface area contributed by atoms with Crippen LogP contribution in [0.4, 0.5) is 5.69 Å². The van der Waals surface area contributed by atoms with Crippen LogP contribution < -0.4 is 10.5 Å². The summed E-state index contributed by atoms with van der Waals surface area (Å²) in [6, 6.07) is 36.6. The third kappa shape index (κ3) is 7.53. The van der Waals surface area contributed by atoms with E-state index in [0.29, 0.717) is 41.4 Å². The van der Waals surface area contributed by atoms with E-state index in [1.807, 2.05) is 84.9 Å². The maximum Gasteiger partial charge on any atom is 0.262 e. The fourth-order valence-electron chi connectivity index (χ4n) is 4.58. The van der Waals surface area contributed by atoms with E-state index in [4.69, 9.17) is 4.98 Å². The highest BCUT2D eigenvalue weighted by molar-refractivity contribution is 7.99. The van der Waals surface area contributed by atoms with Crippen LogP contribution in [0.5, 0.6) is 0 Å². The molecular weight excluding hydrogens is 522 g/mol. The number of aromatic nitrogens is 2. The van der Waals surface area contributed by atoms with Gasteiger partial charge in [0.15, 0.2) is 5.16 Å². The van der Waals surface area contributed by atoms with E-state index in [1.165, 1.54) is 11.8 Å². The van der Waals surface area contributed by atoms with E-state index in [9.17, 15) is 4.79 Å². The van der Waals surface area contributed by atoms with Gasteiger partial charge < -0.3 is 4.90 Å². The highest BCUT2D eigenvalue weighted by atomic mass is 32.2. The molecule has 5 rings (SSSR count). The summed E-state index contributed by atoms with van der Waals surface area (Å²) in [5, 5.41) is 1.32. The normalized spacial score (nSPS) is 11.4. The third-order valence-corrected chi connectivity index (χ3v) is 7.63. The van der Waals surface area contributed by atoms with Gasteiger partial charge in [0.2, 0.25) is 0 Å². The highest BCUT2D eigenvalue weighted by Gasteiger charge is 2.14. The van der Waals surface area contributed by atoms with Crippen molar-refractivity contribution in [2.24, 2.45) is 0 Å². The minimum atomic E-state index is -0.0353. The average molecular weight is 556 g/mol. The van der Waals surface area contributed by atoms with Crippen LogP contribution in [0.15, 0.2) is 144 Å². The van der Waals surface area contributed by atoms with Gasteiger partial charge in [-0.1, -0.05) is 133 Å². The van der Waals surface area contributed by atoms with Crippen molar-refractivity contribution in [3.8, 4) is 0 Å². The Morgan fingerprint density at radius 3 is 1.95 bits per heavy atom. The Hall–Kier alpha value is -4.61. The molecule has 4 nitrogen and oxygen atoms in total. The zero-order chi connectivity index (χ0) is 28.3. The predicted octanol–water partition coefficient (Wildman–Crippen LogP) is 7.96. The predicted molar refractivity (Wildman–Crippen MR) is 176 cm³/mol. The second-order valence-electron chi connectivity index (χ2n) is 9.60. The molecule has 1 aromatic heterocycles. The molecule has 0 aliphatic rings. The average Bonchev–Trinajstić information content (AvgIpc) is 3.02. The van der Waals surface area contributed by atoms with Crippen LogP contribution in [0.2, 0.25) is 0 Å². The summed E-state index contributed by atoms with van der Waals surface area (Å²) in [5.41, 5.74) is 5.02. The summed E-state index contributed by atoms with van der Waals surface area (Å²) in [4.78, 5) is 21.1. The van der Waals surface area contributed by atoms with Gasteiger partial charge in [-0.2, -0.15) is 0 Å². The summed E-state index contributed by atoms with van der Waals surface area (Å²) in [7, 11) is 0. The van der Waals surface area contributed by atoms with Crippen LogP contribution in [-0.4, -0.2) is 28.4 Å². The molecule has 5 aromatic rings. The molecule has 0 radical (unpaired) electrons. The lowest BCUT2D eigenvalue weighted by molar-refractivity contribution is 0.658. The zero-order valence-electron chi connectivity index (χ0n) is 23.0. The van der Waals surface area contributed by atoms with Gasteiger partial charge in [-0.25, -0.2) is 4.98 Å². The Bertz CT molecular complexity index is 1640. The van der Waals surface area contributed by atoms with E-state index in [-0.39, 0.29) is 5.56 Å². The highest BCUT2D eigenvalue weighted by Crippen LogP contribution is 2.23. The van der Waals surface area contributed by atoms with E-state index in [2.05, 4.69) is 66.1 Å². The van der Waals surface area contributed by atoms with Crippen LogP contribution in [0.3, 0.4) is 0 Å². The molecule has 0 N–H and O–H groups in total. The second kappa shape index (κ2) is 14.1. The number of thioether (sulfide) groups is 1. The summed E-state index contributed by atoms with van der Waals surface area (Å²) in [5.74, 6) is 0.681. The molecule has 0 amide bonds. The first-order valence-electron chi connectivity index (χ1n) is 13.7. The first-order chi connectivity index (χ1) is 20.2. The Kier molecular flexibility index (Phi) is 9.64. The minimum absolute atomic E-state index is 0.0353. The Morgan fingerprint density at radius 1 is 0.780 bits per heavy atom. The van der Waals surface area contributed by atoms with Gasteiger partial charge >= 0.3 is 0 Å². The third-order valence-electron chi connectivity index (χ3n) is 6.65. The van der Waals surface area contributed by atoms with Gasteiger partial charge in [0.05, 0.1) is 17.4 Å². The number of anilines is 1. The lowest BCUT2D eigenvalue weighted by Crippen LogP contribution is -2.26. The molecule has 5 heteroatoms. The smallest absolute Gasteiger partial charge is 0.262 e. The van der Waals surface area contributed by atoms with Crippen LogP contribution in [0.1, 0.15) is 16.7 Å². The van der Waals surface area contributed by atoms with E-state index in [1.54, 1.807) is 4.57 Å². The van der Waals surface area contributed by atoms with Gasteiger partial charge in [0, 0.05) is 24.5 Å². The van der Waals surface area contributed by atoms with Crippen molar-refractivity contribution in [3.63, 3.8) is 0 Å². The maximum absolute atomic E-state index is 13.9. The molecule has 0 fully saturated rings. The summed E-state index contributed by atoms with van der Waals surface area (Å²) >= 11 is 1.53. The molecule has 0 aliphatic carbocycles. The summed E-state index contributed by atoms with van der Waals surface area (Å²) < 4.78 is 1.78. The monoisotopic (exact) mass is 555 g/mol. The van der Waals surface area contributed by atoms with Crippen molar-refractivity contribution in [1.82, 2.24) is 9.55 Å². The quantitative estimate of drug-likeness (QED) is 0.0889. The summed E-state index contributed by atoms with van der Waals surface area (Å²) in [6.07, 6.45) is 10.4. The van der Waals surface area contributed by atoms with Crippen molar-refractivity contribution < 1.29 is 0 Å². The largest absolute Gasteiger partial charge is 0.364 e. The molecule has 0 atom stereocenters. The molecule has 4 aromatic carbocycles. The van der Waals surface area contributed by atoms with Crippen molar-refractivity contribution in [2.45, 2.75) is 11.7 Å². The maximum atomic E-state index is 13.9. The molecular formula is C36H33N3OS. The van der Waals surface area contributed by atoms with E-state index in [0.717, 1.165) is 22.4 Å². The molecule has 1 heterocycles. The Labute approximate surface area is 246 Å². The summed E-state index contributed by atoms with van der Waals surface area (Å²) in [6.45, 7) is 5.69. The first-order valence-corrected chi connectivity index (χ1v) is 14.7. The van der Waals surface area contributed by atoms with Gasteiger partial charge in [0.25, 0.3) is 5.56 Å².